The summed E-state index contributed by atoms with van der Waals surface area (Å²) in [4.78, 5) is 12.7. The molecule has 0 bridgehead atoms. The molecule has 0 aliphatic carbocycles. The number of carbonyl (C=O) groups is 1. The Morgan fingerprint density at radius 1 is 1.03 bits per heavy atom. The van der Waals surface area contributed by atoms with Crippen LogP contribution in [-0.2, 0) is 16.4 Å². The van der Waals surface area contributed by atoms with Gasteiger partial charge in [0.05, 0.1) is 16.7 Å². The van der Waals surface area contributed by atoms with Gasteiger partial charge in [-0.1, -0.05) is 24.3 Å². The van der Waals surface area contributed by atoms with Crippen LogP contribution < -0.4 is 19.7 Å². The summed E-state index contributed by atoms with van der Waals surface area (Å²) in [5.74, 6) is 0.220. The van der Waals surface area contributed by atoms with Gasteiger partial charge in [-0.15, -0.1) is 0 Å². The van der Waals surface area contributed by atoms with Crippen molar-refractivity contribution in [2.24, 2.45) is 0 Å². The molecule has 3 aromatic carbocycles. The van der Waals surface area contributed by atoms with Crippen molar-refractivity contribution in [3.05, 3.63) is 83.9 Å². The van der Waals surface area contributed by atoms with Crippen LogP contribution in [0.4, 0.5) is 11.4 Å². The first-order chi connectivity index (χ1) is 16.2. The molecule has 0 unspecified atom stereocenters. The fraction of sp³-hybridized carbons (Fsp3) is 0.200. The molecule has 1 heterocycles. The topological polar surface area (TPSA) is 87.7 Å². The molecule has 0 spiro atoms. The van der Waals surface area contributed by atoms with Crippen LogP contribution >= 0.6 is 12.2 Å². The average Bonchev–Trinajstić information content (AvgIpc) is 3.24. The van der Waals surface area contributed by atoms with E-state index in [9.17, 15) is 13.2 Å². The number of nitrogens with zero attached hydrogens (tertiary/aromatic N) is 1. The molecule has 176 valence electrons. The van der Waals surface area contributed by atoms with E-state index in [1.807, 2.05) is 38.1 Å². The third kappa shape index (κ3) is 5.21. The summed E-state index contributed by atoms with van der Waals surface area (Å²) in [5, 5.41) is 5.64. The molecule has 1 amide bonds. The molecule has 0 radical (unpaired) electrons. The summed E-state index contributed by atoms with van der Waals surface area (Å²) in [6, 6.07) is 20.6. The molecule has 34 heavy (non-hydrogen) atoms. The normalized spacial score (nSPS) is 12.9. The van der Waals surface area contributed by atoms with E-state index in [0.29, 0.717) is 30.0 Å². The number of fused-ring (bicyclic) bond motifs is 1. The van der Waals surface area contributed by atoms with Crippen LogP contribution in [0.2, 0.25) is 0 Å². The fourth-order valence-electron chi connectivity index (χ4n) is 3.72. The average molecular weight is 496 g/mol. The van der Waals surface area contributed by atoms with Crippen molar-refractivity contribution in [2.45, 2.75) is 31.3 Å². The molecule has 4 rings (SSSR count). The van der Waals surface area contributed by atoms with Gasteiger partial charge in [0, 0.05) is 17.8 Å². The zero-order valence-corrected chi connectivity index (χ0v) is 20.4. The van der Waals surface area contributed by atoms with E-state index in [1.165, 1.54) is 16.4 Å². The summed E-state index contributed by atoms with van der Waals surface area (Å²) < 4.78 is 33.3. The highest BCUT2D eigenvalue weighted by atomic mass is 32.2. The van der Waals surface area contributed by atoms with Crippen LogP contribution in [0.15, 0.2) is 77.7 Å². The highest BCUT2D eigenvalue weighted by Crippen LogP contribution is 2.32. The van der Waals surface area contributed by atoms with Crippen LogP contribution in [0.5, 0.6) is 5.75 Å². The Kier molecular flexibility index (Phi) is 6.85. The van der Waals surface area contributed by atoms with Gasteiger partial charge in [-0.3, -0.25) is 14.4 Å². The lowest BCUT2D eigenvalue weighted by molar-refractivity contribution is 0.0977. The van der Waals surface area contributed by atoms with Crippen molar-refractivity contribution in [2.75, 3.05) is 16.2 Å². The lowest BCUT2D eigenvalue weighted by Crippen LogP contribution is -2.34. The first kappa shape index (κ1) is 23.7. The van der Waals surface area contributed by atoms with Crippen molar-refractivity contribution in [3.8, 4) is 5.75 Å². The maximum Gasteiger partial charge on any atom is 0.264 e. The Morgan fingerprint density at radius 2 is 1.76 bits per heavy atom. The number of anilines is 2. The predicted molar refractivity (Wildman–Crippen MR) is 137 cm³/mol. The Balaban J connectivity index is 1.40. The Morgan fingerprint density at radius 3 is 2.50 bits per heavy atom. The molecular formula is C25H25N3O4S2. The predicted octanol–water partition coefficient (Wildman–Crippen LogP) is 4.35. The quantitative estimate of drug-likeness (QED) is 0.495. The van der Waals surface area contributed by atoms with Gasteiger partial charge >= 0.3 is 0 Å². The van der Waals surface area contributed by atoms with Crippen molar-refractivity contribution in [1.29, 1.82) is 0 Å². The monoisotopic (exact) mass is 495 g/mol. The smallest absolute Gasteiger partial charge is 0.264 e. The zero-order chi connectivity index (χ0) is 24.3. The Labute approximate surface area is 204 Å². The van der Waals surface area contributed by atoms with Crippen LogP contribution in [0.3, 0.4) is 0 Å². The number of carbonyl (C=O) groups excluding carboxylic acids is 1. The SMILES string of the molecule is CC(C)Oc1cccc(C(=O)NC(=S)Nc2ccc(S(=O)(=O)N3CCc4ccccc43)cc2)c1. The number of hydrogen-bond donors (Lipinski definition) is 2. The number of nitrogens with one attached hydrogen (secondary N) is 2. The molecule has 0 atom stereocenters. The molecule has 7 nitrogen and oxygen atoms in total. The van der Waals surface area contributed by atoms with Gasteiger partial charge in [0.25, 0.3) is 15.9 Å². The highest BCUT2D eigenvalue weighted by Gasteiger charge is 2.30. The van der Waals surface area contributed by atoms with E-state index in [2.05, 4.69) is 10.6 Å². The van der Waals surface area contributed by atoms with Gasteiger partial charge in [-0.2, -0.15) is 0 Å². The van der Waals surface area contributed by atoms with Crippen molar-refractivity contribution < 1.29 is 17.9 Å². The maximum absolute atomic E-state index is 13.1. The summed E-state index contributed by atoms with van der Waals surface area (Å²) >= 11 is 5.25. The lowest BCUT2D eigenvalue weighted by atomic mass is 10.2. The van der Waals surface area contributed by atoms with E-state index in [0.717, 1.165) is 11.3 Å². The van der Waals surface area contributed by atoms with E-state index >= 15 is 0 Å². The lowest BCUT2D eigenvalue weighted by Gasteiger charge is -2.19. The largest absolute Gasteiger partial charge is 0.491 e. The van der Waals surface area contributed by atoms with E-state index in [4.69, 9.17) is 17.0 Å². The van der Waals surface area contributed by atoms with E-state index < -0.39 is 10.0 Å². The van der Waals surface area contributed by atoms with E-state index in [-0.39, 0.29) is 22.0 Å². The Hall–Kier alpha value is -3.43. The van der Waals surface area contributed by atoms with Gasteiger partial charge < -0.3 is 10.1 Å². The summed E-state index contributed by atoms with van der Waals surface area (Å²) in [5.41, 5.74) is 2.71. The van der Waals surface area contributed by atoms with Gasteiger partial charge in [0.2, 0.25) is 0 Å². The van der Waals surface area contributed by atoms with Crippen molar-refractivity contribution >= 4 is 44.6 Å². The number of thiocarbonyl (C=S) groups is 1. The fourth-order valence-corrected chi connectivity index (χ4v) is 5.43. The molecule has 0 saturated carbocycles. The molecule has 3 aromatic rings. The number of para-hydroxylation sites is 1. The highest BCUT2D eigenvalue weighted by molar-refractivity contribution is 7.92. The molecule has 0 fully saturated rings. The molecule has 9 heteroatoms. The number of rotatable bonds is 6. The molecule has 2 N–H and O–H groups in total. The minimum atomic E-state index is -3.67. The third-order valence-corrected chi connectivity index (χ3v) is 7.27. The summed E-state index contributed by atoms with van der Waals surface area (Å²) in [6.07, 6.45) is 0.684. The van der Waals surface area contributed by atoms with Crippen molar-refractivity contribution in [1.82, 2.24) is 5.32 Å². The number of sulfonamides is 1. The summed E-state index contributed by atoms with van der Waals surface area (Å²) in [7, 11) is -3.67. The third-order valence-electron chi connectivity index (χ3n) is 5.24. The molecule has 0 aromatic heterocycles. The van der Waals surface area contributed by atoms with Gasteiger partial charge in [0.15, 0.2) is 5.11 Å². The first-order valence-corrected chi connectivity index (χ1v) is 12.7. The number of benzene rings is 3. The second-order valence-electron chi connectivity index (χ2n) is 8.08. The molecule has 1 aliphatic heterocycles. The summed E-state index contributed by atoms with van der Waals surface area (Å²) in [6.45, 7) is 4.24. The molecule has 0 saturated heterocycles. The van der Waals surface area contributed by atoms with Gasteiger partial charge in [0.1, 0.15) is 5.75 Å². The number of ether oxygens (including phenoxy) is 1. The number of amides is 1. The number of hydrogen-bond acceptors (Lipinski definition) is 5. The van der Waals surface area contributed by atoms with Gasteiger partial charge in [-0.05, 0) is 86.6 Å². The van der Waals surface area contributed by atoms with E-state index in [1.54, 1.807) is 36.4 Å². The second-order valence-corrected chi connectivity index (χ2v) is 10.4. The van der Waals surface area contributed by atoms with Crippen LogP contribution in [0, 0.1) is 0 Å². The van der Waals surface area contributed by atoms with Gasteiger partial charge in [-0.25, -0.2) is 8.42 Å². The minimum absolute atomic E-state index is 0.00643. The van der Waals surface area contributed by atoms with Crippen LogP contribution in [0.25, 0.3) is 0 Å². The minimum Gasteiger partial charge on any atom is -0.491 e. The zero-order valence-electron chi connectivity index (χ0n) is 18.8. The standard InChI is InChI=1S/C25H25N3O4S2/c1-17(2)32-21-8-5-7-19(16-21)24(29)27-25(33)26-20-10-12-22(13-11-20)34(30,31)28-15-14-18-6-3-4-9-23(18)28/h3-13,16-17H,14-15H2,1-2H3,(H2,26,27,29,33). The Bertz CT molecular complexity index is 1320. The molecular weight excluding hydrogens is 470 g/mol. The van der Waals surface area contributed by atoms with Crippen molar-refractivity contribution in [3.63, 3.8) is 0 Å². The molecule has 1 aliphatic rings. The first-order valence-electron chi connectivity index (χ1n) is 10.8. The maximum atomic E-state index is 13.1. The second kappa shape index (κ2) is 9.82. The van der Waals surface area contributed by atoms with Crippen LogP contribution in [0.1, 0.15) is 29.8 Å². The van der Waals surface area contributed by atoms with Crippen LogP contribution in [-0.4, -0.2) is 32.1 Å².